The minimum Gasteiger partial charge on any atom is -0.408 e. The molecule has 0 saturated carbocycles. The summed E-state index contributed by atoms with van der Waals surface area (Å²) in [6, 6.07) is 10.1. The summed E-state index contributed by atoms with van der Waals surface area (Å²) in [6.45, 7) is 0. The van der Waals surface area contributed by atoms with E-state index in [1.807, 2.05) is 18.2 Å². The number of benzene rings is 1. The zero-order chi connectivity index (χ0) is 14.5. The zero-order valence-electron chi connectivity index (χ0n) is 10.0. The smallest absolute Gasteiger partial charge is 0.408 e. The number of rotatable bonds is 3. The molecule has 7 nitrogen and oxygen atoms in total. The maximum Gasteiger partial charge on any atom is 0.433 e. The monoisotopic (exact) mass is 291 g/mol. The molecule has 0 atom stereocenters. The van der Waals surface area contributed by atoms with E-state index < -0.39 is 16.7 Å². The number of carbonyl (C=O) groups is 1. The van der Waals surface area contributed by atoms with Crippen molar-refractivity contribution in [2.45, 2.75) is 0 Å². The number of hydrogen-bond donors (Lipinski definition) is 2. The highest BCUT2D eigenvalue weighted by Gasteiger charge is 2.17. The van der Waals surface area contributed by atoms with Gasteiger partial charge in [-0.25, -0.2) is 0 Å². The second-order valence-electron chi connectivity index (χ2n) is 3.71. The van der Waals surface area contributed by atoms with Crippen LogP contribution in [0.5, 0.6) is 0 Å². The Balaban J connectivity index is 1.97. The lowest BCUT2D eigenvalue weighted by Crippen LogP contribution is -2.33. The predicted molar refractivity (Wildman–Crippen MR) is 75.5 cm³/mol. The Bertz CT molecular complexity index is 654. The largest absolute Gasteiger partial charge is 0.433 e. The minimum absolute atomic E-state index is 0.0221. The van der Waals surface area contributed by atoms with Crippen LogP contribution < -0.4 is 10.6 Å². The van der Waals surface area contributed by atoms with E-state index >= 15 is 0 Å². The molecule has 0 aliphatic rings. The summed E-state index contributed by atoms with van der Waals surface area (Å²) in [4.78, 5) is 21.5. The standard InChI is InChI=1S/C12H9N3O4S/c16-11(8-6-10(15(17)18)19-7-8)14-12(20)13-9-4-2-1-3-5-9/h1-7H,(H2,13,14,16,20). The van der Waals surface area contributed by atoms with Crippen molar-refractivity contribution in [3.05, 3.63) is 58.3 Å². The van der Waals surface area contributed by atoms with Crippen molar-refractivity contribution < 1.29 is 14.1 Å². The predicted octanol–water partition coefficient (Wildman–Crippen LogP) is 2.31. The molecule has 8 heteroatoms. The van der Waals surface area contributed by atoms with Crippen molar-refractivity contribution in [1.29, 1.82) is 0 Å². The third-order valence-corrected chi connectivity index (χ3v) is 2.49. The van der Waals surface area contributed by atoms with Crippen LogP contribution in [-0.2, 0) is 0 Å². The van der Waals surface area contributed by atoms with Gasteiger partial charge in [-0.2, -0.15) is 0 Å². The van der Waals surface area contributed by atoms with Crippen molar-refractivity contribution in [2.24, 2.45) is 0 Å². The molecule has 0 saturated heterocycles. The van der Waals surface area contributed by atoms with Crippen LogP contribution >= 0.6 is 12.2 Å². The van der Waals surface area contributed by atoms with Crippen LogP contribution in [0.15, 0.2) is 47.1 Å². The number of carbonyl (C=O) groups excluding carboxylic acids is 1. The molecule has 0 bridgehead atoms. The molecule has 0 spiro atoms. The van der Waals surface area contributed by atoms with Crippen molar-refractivity contribution in [3.63, 3.8) is 0 Å². The summed E-state index contributed by atoms with van der Waals surface area (Å²) >= 11 is 4.96. The van der Waals surface area contributed by atoms with Gasteiger partial charge in [0.1, 0.15) is 11.2 Å². The van der Waals surface area contributed by atoms with Crippen LogP contribution in [0, 0.1) is 10.1 Å². The SMILES string of the molecule is O=C(NC(=S)Nc1ccccc1)c1coc([N+](=O)[O-])c1. The Hall–Kier alpha value is -2.74. The van der Waals surface area contributed by atoms with Gasteiger partial charge in [0.25, 0.3) is 5.91 Å². The van der Waals surface area contributed by atoms with E-state index in [0.29, 0.717) is 0 Å². The lowest BCUT2D eigenvalue weighted by Gasteiger charge is -2.08. The van der Waals surface area contributed by atoms with Crippen LogP contribution in [0.4, 0.5) is 11.6 Å². The molecule has 0 unspecified atom stereocenters. The van der Waals surface area contributed by atoms with Crippen molar-refractivity contribution in [1.82, 2.24) is 5.32 Å². The quantitative estimate of drug-likeness (QED) is 0.511. The van der Waals surface area contributed by atoms with E-state index in [4.69, 9.17) is 12.2 Å². The van der Waals surface area contributed by atoms with E-state index in [1.165, 1.54) is 0 Å². The van der Waals surface area contributed by atoms with E-state index in [-0.39, 0.29) is 10.7 Å². The van der Waals surface area contributed by atoms with Crippen LogP contribution in [-0.4, -0.2) is 15.9 Å². The number of nitro groups is 1. The van der Waals surface area contributed by atoms with Crippen molar-refractivity contribution in [2.75, 3.05) is 5.32 Å². The fourth-order valence-electron chi connectivity index (χ4n) is 1.40. The van der Waals surface area contributed by atoms with Gasteiger partial charge in [0, 0.05) is 5.69 Å². The maximum absolute atomic E-state index is 11.8. The van der Waals surface area contributed by atoms with Gasteiger partial charge in [0.15, 0.2) is 5.11 Å². The molecule has 1 amide bonds. The average molecular weight is 291 g/mol. The van der Waals surface area contributed by atoms with Gasteiger partial charge in [-0.3, -0.25) is 20.2 Å². The first-order valence-electron chi connectivity index (χ1n) is 5.46. The number of anilines is 1. The number of furan rings is 1. The van der Waals surface area contributed by atoms with Crippen LogP contribution in [0.3, 0.4) is 0 Å². The molecule has 2 rings (SSSR count). The highest BCUT2D eigenvalue weighted by Crippen LogP contribution is 2.15. The van der Waals surface area contributed by atoms with Gasteiger partial charge in [-0.15, -0.1) is 0 Å². The molecule has 2 aromatic rings. The molecule has 102 valence electrons. The van der Waals surface area contributed by atoms with E-state index in [2.05, 4.69) is 15.1 Å². The number of nitrogens with one attached hydrogen (secondary N) is 2. The summed E-state index contributed by atoms with van der Waals surface area (Å²) in [5.41, 5.74) is 0.741. The van der Waals surface area contributed by atoms with Crippen LogP contribution in [0.25, 0.3) is 0 Å². The first-order valence-corrected chi connectivity index (χ1v) is 5.87. The molecule has 0 aliphatic carbocycles. The molecular weight excluding hydrogens is 282 g/mol. The summed E-state index contributed by atoms with van der Waals surface area (Å²) in [5, 5.41) is 15.7. The third-order valence-electron chi connectivity index (χ3n) is 2.29. The average Bonchev–Trinajstić information content (AvgIpc) is 2.89. The molecule has 1 heterocycles. The Kier molecular flexibility index (Phi) is 4.06. The number of hydrogen-bond acceptors (Lipinski definition) is 5. The molecule has 1 aromatic heterocycles. The van der Waals surface area contributed by atoms with Gasteiger partial charge in [-0.05, 0) is 24.4 Å². The van der Waals surface area contributed by atoms with Gasteiger partial charge in [0.05, 0.1) is 11.6 Å². The number of nitrogens with zero attached hydrogens (tertiary/aromatic N) is 1. The molecule has 0 fully saturated rings. The van der Waals surface area contributed by atoms with Crippen LogP contribution in [0.1, 0.15) is 10.4 Å². The Morgan fingerprint density at radius 2 is 2.00 bits per heavy atom. The zero-order valence-corrected chi connectivity index (χ0v) is 10.8. The molecule has 0 aliphatic heterocycles. The van der Waals surface area contributed by atoms with E-state index in [0.717, 1.165) is 18.0 Å². The van der Waals surface area contributed by atoms with Gasteiger partial charge >= 0.3 is 5.88 Å². The fourth-order valence-corrected chi connectivity index (χ4v) is 1.61. The molecule has 0 radical (unpaired) electrons. The number of thiocarbonyl (C=S) groups is 1. The summed E-state index contributed by atoms with van der Waals surface area (Å²) in [5.74, 6) is -1.09. The highest BCUT2D eigenvalue weighted by atomic mass is 32.1. The first kappa shape index (κ1) is 13.7. The molecule has 2 N–H and O–H groups in total. The number of amides is 1. The number of para-hydroxylation sites is 1. The fraction of sp³-hybridized carbons (Fsp3) is 0. The topological polar surface area (TPSA) is 97.4 Å². The first-order chi connectivity index (χ1) is 9.56. The second kappa shape index (κ2) is 5.93. The third kappa shape index (κ3) is 3.39. The minimum atomic E-state index is -0.725. The molecule has 20 heavy (non-hydrogen) atoms. The lowest BCUT2D eigenvalue weighted by molar-refractivity contribution is -0.402. The summed E-state index contributed by atoms with van der Waals surface area (Å²) < 4.78 is 4.62. The van der Waals surface area contributed by atoms with E-state index in [1.54, 1.807) is 12.1 Å². The molecular formula is C12H9N3O4S. The Morgan fingerprint density at radius 1 is 1.30 bits per heavy atom. The summed E-state index contributed by atoms with van der Waals surface area (Å²) in [7, 11) is 0. The molecule has 1 aromatic carbocycles. The van der Waals surface area contributed by atoms with Crippen molar-refractivity contribution >= 4 is 34.8 Å². The van der Waals surface area contributed by atoms with E-state index in [9.17, 15) is 14.9 Å². The maximum atomic E-state index is 11.8. The Labute approximate surface area is 118 Å². The van der Waals surface area contributed by atoms with Gasteiger partial charge in [-0.1, -0.05) is 18.2 Å². The second-order valence-corrected chi connectivity index (χ2v) is 4.11. The highest BCUT2D eigenvalue weighted by molar-refractivity contribution is 7.80. The normalized spacial score (nSPS) is 9.80. The van der Waals surface area contributed by atoms with Crippen LogP contribution in [0.2, 0.25) is 0 Å². The Morgan fingerprint density at radius 3 is 2.60 bits per heavy atom. The van der Waals surface area contributed by atoms with Gasteiger partial charge < -0.3 is 9.73 Å². The summed E-state index contributed by atoms with van der Waals surface area (Å²) in [6.07, 6.45) is 0.999. The van der Waals surface area contributed by atoms with Gasteiger partial charge in [0.2, 0.25) is 0 Å². The lowest BCUT2D eigenvalue weighted by atomic mass is 10.3. The van der Waals surface area contributed by atoms with Crippen molar-refractivity contribution in [3.8, 4) is 0 Å².